The van der Waals surface area contributed by atoms with Crippen LogP contribution in [-0.4, -0.2) is 38.3 Å². The van der Waals surface area contributed by atoms with Crippen molar-refractivity contribution in [3.8, 4) is 0 Å². The van der Waals surface area contributed by atoms with Gasteiger partial charge in [0, 0.05) is 31.5 Å². The van der Waals surface area contributed by atoms with Crippen LogP contribution < -0.4 is 0 Å². The molecule has 1 atom stereocenters. The smallest absolute Gasteiger partial charge is 0.152 e. The molecule has 0 bridgehead atoms. The molecular formula is C14H24N4. The van der Waals surface area contributed by atoms with Gasteiger partial charge in [-0.15, -0.1) is 0 Å². The van der Waals surface area contributed by atoms with E-state index >= 15 is 0 Å². The average molecular weight is 248 g/mol. The normalized spacial score (nSPS) is 24.7. The van der Waals surface area contributed by atoms with Crippen LogP contribution in [0.4, 0.5) is 0 Å². The summed E-state index contributed by atoms with van der Waals surface area (Å²) in [5.41, 5.74) is 0. The Morgan fingerprint density at radius 3 is 2.89 bits per heavy atom. The Morgan fingerprint density at radius 2 is 2.11 bits per heavy atom. The zero-order chi connectivity index (χ0) is 12.5. The highest BCUT2D eigenvalue weighted by atomic mass is 15.4. The van der Waals surface area contributed by atoms with E-state index in [4.69, 9.17) is 4.98 Å². The number of fused-ring (bicyclic) bond motifs is 1. The number of nitrogens with zero attached hydrogens (tertiary/aromatic N) is 4. The van der Waals surface area contributed by atoms with Gasteiger partial charge in [0.15, 0.2) is 5.82 Å². The van der Waals surface area contributed by atoms with Crippen molar-refractivity contribution in [1.82, 2.24) is 19.7 Å². The molecule has 0 N–H and O–H groups in total. The van der Waals surface area contributed by atoms with E-state index in [-0.39, 0.29) is 0 Å². The standard InChI is InChI=1S/C14H24N4/c1-11(2)17-8-5-6-12(17)10-13-15-14-7-3-4-9-18(14)16-13/h11-12H,3-10H2,1-2H3. The molecule has 0 aromatic carbocycles. The molecule has 3 rings (SSSR count). The minimum absolute atomic E-state index is 0.648. The van der Waals surface area contributed by atoms with Gasteiger partial charge in [0.05, 0.1) is 0 Å². The van der Waals surface area contributed by atoms with E-state index in [9.17, 15) is 0 Å². The summed E-state index contributed by atoms with van der Waals surface area (Å²) in [6, 6.07) is 1.31. The van der Waals surface area contributed by atoms with Gasteiger partial charge in [0.2, 0.25) is 0 Å². The number of hydrogen-bond acceptors (Lipinski definition) is 3. The highest BCUT2D eigenvalue weighted by Gasteiger charge is 2.28. The highest BCUT2D eigenvalue weighted by Crippen LogP contribution is 2.23. The molecule has 1 fully saturated rings. The highest BCUT2D eigenvalue weighted by molar-refractivity contribution is 4.99. The van der Waals surface area contributed by atoms with E-state index in [1.165, 1.54) is 38.1 Å². The van der Waals surface area contributed by atoms with Gasteiger partial charge < -0.3 is 0 Å². The van der Waals surface area contributed by atoms with Gasteiger partial charge in [0.25, 0.3) is 0 Å². The molecule has 0 saturated carbocycles. The van der Waals surface area contributed by atoms with Gasteiger partial charge in [0.1, 0.15) is 5.82 Å². The maximum absolute atomic E-state index is 4.73. The van der Waals surface area contributed by atoms with Crippen LogP contribution in [0.1, 0.15) is 51.2 Å². The van der Waals surface area contributed by atoms with Crippen molar-refractivity contribution >= 4 is 0 Å². The van der Waals surface area contributed by atoms with Crippen molar-refractivity contribution in [2.45, 2.75) is 71.0 Å². The van der Waals surface area contributed by atoms with Crippen LogP contribution >= 0.6 is 0 Å². The third-order valence-electron chi connectivity index (χ3n) is 4.32. The zero-order valence-electron chi connectivity index (χ0n) is 11.6. The molecular weight excluding hydrogens is 224 g/mol. The Kier molecular flexibility index (Phi) is 3.37. The number of aryl methyl sites for hydroxylation is 2. The zero-order valence-corrected chi connectivity index (χ0v) is 11.6. The predicted octanol–water partition coefficient (Wildman–Crippen LogP) is 2.03. The molecule has 4 heteroatoms. The fourth-order valence-electron chi connectivity index (χ4n) is 3.39. The van der Waals surface area contributed by atoms with E-state index in [1.54, 1.807) is 0 Å². The summed E-state index contributed by atoms with van der Waals surface area (Å²) in [5.74, 6) is 2.29. The first-order valence-corrected chi connectivity index (χ1v) is 7.42. The van der Waals surface area contributed by atoms with Crippen LogP contribution in [0.2, 0.25) is 0 Å². The maximum Gasteiger partial charge on any atom is 0.152 e. The van der Waals surface area contributed by atoms with E-state index in [1.807, 2.05) is 0 Å². The summed E-state index contributed by atoms with van der Waals surface area (Å²) in [4.78, 5) is 7.34. The largest absolute Gasteiger partial charge is 0.298 e. The quantitative estimate of drug-likeness (QED) is 0.821. The van der Waals surface area contributed by atoms with Crippen LogP contribution in [0.5, 0.6) is 0 Å². The van der Waals surface area contributed by atoms with E-state index in [2.05, 4.69) is 28.5 Å². The molecule has 3 heterocycles. The minimum Gasteiger partial charge on any atom is -0.298 e. The van der Waals surface area contributed by atoms with E-state index in [0.29, 0.717) is 12.1 Å². The van der Waals surface area contributed by atoms with Gasteiger partial charge >= 0.3 is 0 Å². The molecule has 1 aromatic heterocycles. The van der Waals surface area contributed by atoms with Crippen molar-refractivity contribution in [2.75, 3.05) is 6.54 Å². The average Bonchev–Trinajstić information content (AvgIpc) is 2.94. The summed E-state index contributed by atoms with van der Waals surface area (Å²) in [6.07, 6.45) is 7.33. The predicted molar refractivity (Wildman–Crippen MR) is 71.5 cm³/mol. The lowest BCUT2D eigenvalue weighted by Gasteiger charge is -2.27. The van der Waals surface area contributed by atoms with Gasteiger partial charge in [-0.05, 0) is 46.1 Å². The van der Waals surface area contributed by atoms with E-state index in [0.717, 1.165) is 25.2 Å². The number of rotatable bonds is 3. The Bertz CT molecular complexity index is 386. The number of aromatic nitrogens is 3. The van der Waals surface area contributed by atoms with Crippen LogP contribution in [0.15, 0.2) is 0 Å². The summed E-state index contributed by atoms with van der Waals surface area (Å²) < 4.78 is 2.13. The molecule has 0 amide bonds. The van der Waals surface area contributed by atoms with Crippen molar-refractivity contribution in [2.24, 2.45) is 0 Å². The molecule has 2 aliphatic heterocycles. The van der Waals surface area contributed by atoms with Gasteiger partial charge in [-0.1, -0.05) is 0 Å². The second-order valence-electron chi connectivity index (χ2n) is 5.96. The molecule has 1 aromatic rings. The first-order valence-electron chi connectivity index (χ1n) is 7.42. The SMILES string of the molecule is CC(C)N1CCCC1Cc1nc2n(n1)CCCC2. The van der Waals surface area contributed by atoms with Crippen LogP contribution in [0, 0.1) is 0 Å². The Balaban J connectivity index is 1.70. The maximum atomic E-state index is 4.73. The Morgan fingerprint density at radius 1 is 1.22 bits per heavy atom. The molecule has 0 spiro atoms. The van der Waals surface area contributed by atoms with Crippen molar-refractivity contribution < 1.29 is 0 Å². The van der Waals surface area contributed by atoms with E-state index < -0.39 is 0 Å². The Labute approximate surface area is 109 Å². The first kappa shape index (κ1) is 12.2. The second-order valence-corrected chi connectivity index (χ2v) is 5.96. The number of likely N-dealkylation sites (tertiary alicyclic amines) is 1. The molecule has 4 nitrogen and oxygen atoms in total. The first-order chi connectivity index (χ1) is 8.74. The third-order valence-corrected chi connectivity index (χ3v) is 4.32. The summed E-state index contributed by atoms with van der Waals surface area (Å²) >= 11 is 0. The lowest BCUT2D eigenvalue weighted by molar-refractivity contribution is 0.201. The topological polar surface area (TPSA) is 34.0 Å². The summed E-state index contributed by atoms with van der Waals surface area (Å²) in [7, 11) is 0. The molecule has 0 radical (unpaired) electrons. The molecule has 100 valence electrons. The lowest BCUT2D eigenvalue weighted by atomic mass is 10.1. The van der Waals surface area contributed by atoms with Crippen LogP contribution in [-0.2, 0) is 19.4 Å². The Hall–Kier alpha value is -0.900. The van der Waals surface area contributed by atoms with Crippen LogP contribution in [0.3, 0.4) is 0 Å². The molecule has 1 unspecified atom stereocenters. The fraction of sp³-hybridized carbons (Fsp3) is 0.857. The van der Waals surface area contributed by atoms with Crippen molar-refractivity contribution in [3.05, 3.63) is 11.6 Å². The van der Waals surface area contributed by atoms with Crippen molar-refractivity contribution in [3.63, 3.8) is 0 Å². The molecule has 2 aliphatic rings. The molecule has 0 aliphatic carbocycles. The lowest BCUT2D eigenvalue weighted by Crippen LogP contribution is -2.36. The van der Waals surface area contributed by atoms with Crippen LogP contribution in [0.25, 0.3) is 0 Å². The minimum atomic E-state index is 0.648. The van der Waals surface area contributed by atoms with Crippen molar-refractivity contribution in [1.29, 1.82) is 0 Å². The third kappa shape index (κ3) is 2.30. The second kappa shape index (κ2) is 5.00. The fourth-order valence-corrected chi connectivity index (χ4v) is 3.39. The number of hydrogen-bond donors (Lipinski definition) is 0. The molecule has 18 heavy (non-hydrogen) atoms. The van der Waals surface area contributed by atoms with Gasteiger partial charge in [-0.3, -0.25) is 4.90 Å². The monoisotopic (exact) mass is 248 g/mol. The summed E-state index contributed by atoms with van der Waals surface area (Å²) in [5, 5.41) is 4.69. The summed E-state index contributed by atoms with van der Waals surface area (Å²) in [6.45, 7) is 6.91. The van der Waals surface area contributed by atoms with Gasteiger partial charge in [-0.2, -0.15) is 5.10 Å². The molecule has 1 saturated heterocycles. The van der Waals surface area contributed by atoms with Gasteiger partial charge in [-0.25, -0.2) is 9.67 Å².